The SMILES string of the molecule is COc1cc(C2C(C#N)=C(N)Oc3cc(OC(=O)COc4ccc(F)cc4)ccc32)ccc1OCc1ccccc1F. The third kappa shape index (κ3) is 6.10. The monoisotopic (exact) mass is 570 g/mol. The van der Waals surface area contributed by atoms with Gasteiger partial charge in [-0.2, -0.15) is 5.26 Å². The molecule has 0 amide bonds. The lowest BCUT2D eigenvalue weighted by Crippen LogP contribution is -2.22. The number of carbonyl (C=O) groups excluding carboxylic acids is 1. The van der Waals surface area contributed by atoms with Crippen molar-refractivity contribution in [2.75, 3.05) is 13.7 Å². The first-order chi connectivity index (χ1) is 20.4. The Morgan fingerprint density at radius 2 is 1.71 bits per heavy atom. The standard InChI is InChI=1S/C32H24F2N2O6/c1-38-29-14-19(6-13-27(29)40-17-20-4-2-3-5-26(20)34)31-24-12-11-23(15-28(24)42-32(36)25(31)16-35)41-30(37)18-39-22-9-7-21(33)8-10-22/h2-15,31H,17-18,36H2,1H3. The maximum atomic E-state index is 14.0. The fraction of sp³-hybridized carbons (Fsp3) is 0.125. The number of carbonyl (C=O) groups is 1. The molecule has 1 aliphatic heterocycles. The van der Waals surface area contributed by atoms with Gasteiger partial charge in [-0.05, 0) is 54.1 Å². The molecule has 42 heavy (non-hydrogen) atoms. The number of nitriles is 1. The van der Waals surface area contributed by atoms with Gasteiger partial charge in [0, 0.05) is 17.2 Å². The van der Waals surface area contributed by atoms with Crippen LogP contribution in [0.3, 0.4) is 0 Å². The number of halogens is 2. The predicted octanol–water partition coefficient (Wildman–Crippen LogP) is 5.75. The van der Waals surface area contributed by atoms with E-state index in [1.165, 1.54) is 43.5 Å². The van der Waals surface area contributed by atoms with E-state index in [0.29, 0.717) is 39.7 Å². The molecule has 10 heteroatoms. The van der Waals surface area contributed by atoms with Gasteiger partial charge < -0.3 is 29.4 Å². The average Bonchev–Trinajstić information content (AvgIpc) is 2.99. The van der Waals surface area contributed by atoms with Gasteiger partial charge in [0.25, 0.3) is 0 Å². The largest absolute Gasteiger partial charge is 0.493 e. The molecule has 1 unspecified atom stereocenters. The molecule has 8 nitrogen and oxygen atoms in total. The Bertz CT molecular complexity index is 1700. The Balaban J connectivity index is 1.36. The van der Waals surface area contributed by atoms with E-state index >= 15 is 0 Å². The number of ether oxygens (including phenoxy) is 5. The minimum atomic E-state index is -0.691. The van der Waals surface area contributed by atoms with Crippen molar-refractivity contribution in [2.45, 2.75) is 12.5 Å². The number of nitrogens with zero attached hydrogens (tertiary/aromatic N) is 1. The molecule has 4 aromatic rings. The van der Waals surface area contributed by atoms with Crippen molar-refractivity contribution < 1.29 is 37.3 Å². The summed E-state index contributed by atoms with van der Waals surface area (Å²) in [6, 6.07) is 23.5. The van der Waals surface area contributed by atoms with Crippen molar-refractivity contribution >= 4 is 5.97 Å². The molecule has 2 N–H and O–H groups in total. The molecule has 1 atom stereocenters. The summed E-state index contributed by atoms with van der Waals surface area (Å²) in [5, 5.41) is 9.91. The first kappa shape index (κ1) is 28.0. The minimum Gasteiger partial charge on any atom is -0.493 e. The summed E-state index contributed by atoms with van der Waals surface area (Å²) in [6.07, 6.45) is 0. The van der Waals surface area contributed by atoms with Crippen molar-refractivity contribution in [1.29, 1.82) is 5.26 Å². The molecule has 0 saturated carbocycles. The second-order valence-electron chi connectivity index (χ2n) is 9.13. The van der Waals surface area contributed by atoms with E-state index in [1.807, 2.05) is 0 Å². The Kier molecular flexibility index (Phi) is 8.20. The van der Waals surface area contributed by atoms with Crippen LogP contribution in [-0.2, 0) is 11.4 Å². The van der Waals surface area contributed by atoms with Crippen LogP contribution in [-0.4, -0.2) is 19.7 Å². The zero-order chi connectivity index (χ0) is 29.6. The number of hydrogen-bond donors (Lipinski definition) is 1. The lowest BCUT2D eigenvalue weighted by molar-refractivity contribution is -0.136. The number of esters is 1. The quantitative estimate of drug-likeness (QED) is 0.200. The van der Waals surface area contributed by atoms with E-state index in [2.05, 4.69) is 6.07 Å². The fourth-order valence-electron chi connectivity index (χ4n) is 4.43. The number of nitrogens with two attached hydrogens (primary N) is 1. The van der Waals surface area contributed by atoms with Crippen LogP contribution in [0.2, 0.25) is 0 Å². The van der Waals surface area contributed by atoms with E-state index in [0.717, 1.165) is 0 Å². The average molecular weight is 571 g/mol. The zero-order valence-corrected chi connectivity index (χ0v) is 22.3. The second-order valence-corrected chi connectivity index (χ2v) is 9.13. The second kappa shape index (κ2) is 12.3. The summed E-state index contributed by atoms with van der Waals surface area (Å²) in [6.45, 7) is -0.410. The van der Waals surface area contributed by atoms with E-state index in [-0.39, 0.29) is 29.6 Å². The van der Waals surface area contributed by atoms with Gasteiger partial charge in [0.15, 0.2) is 18.1 Å². The highest BCUT2D eigenvalue weighted by Gasteiger charge is 2.32. The number of benzene rings is 4. The number of fused-ring (bicyclic) bond motifs is 1. The molecular formula is C32H24F2N2O6. The summed E-state index contributed by atoms with van der Waals surface area (Å²) in [5.41, 5.74) is 7.96. The van der Waals surface area contributed by atoms with Crippen molar-refractivity contribution in [3.05, 3.63) is 125 Å². The molecule has 0 aliphatic carbocycles. The van der Waals surface area contributed by atoms with Gasteiger partial charge in [-0.25, -0.2) is 13.6 Å². The summed E-state index contributed by atoms with van der Waals surface area (Å²) in [7, 11) is 1.48. The molecule has 1 aliphatic rings. The van der Waals surface area contributed by atoms with Crippen LogP contribution in [0.1, 0.15) is 22.6 Å². The van der Waals surface area contributed by atoms with Crippen LogP contribution in [0.15, 0.2) is 96.4 Å². The summed E-state index contributed by atoms with van der Waals surface area (Å²) in [4.78, 5) is 12.3. The molecule has 0 saturated heterocycles. The van der Waals surface area contributed by atoms with Crippen LogP contribution in [0.4, 0.5) is 8.78 Å². The molecular weight excluding hydrogens is 546 g/mol. The number of rotatable bonds is 9. The normalized spacial score (nSPS) is 13.8. The molecule has 0 fully saturated rings. The van der Waals surface area contributed by atoms with Gasteiger partial charge in [-0.3, -0.25) is 0 Å². The molecule has 212 valence electrons. The highest BCUT2D eigenvalue weighted by Crippen LogP contribution is 2.45. The zero-order valence-electron chi connectivity index (χ0n) is 22.3. The van der Waals surface area contributed by atoms with Gasteiger partial charge in [0.2, 0.25) is 5.88 Å². The van der Waals surface area contributed by atoms with E-state index < -0.39 is 24.3 Å². The van der Waals surface area contributed by atoms with Crippen LogP contribution in [0.5, 0.6) is 28.7 Å². The van der Waals surface area contributed by atoms with Gasteiger partial charge in [0.1, 0.15) is 47.1 Å². The number of methoxy groups -OCH3 is 1. The molecule has 5 rings (SSSR count). The van der Waals surface area contributed by atoms with Crippen LogP contribution in [0.25, 0.3) is 0 Å². The summed E-state index contributed by atoms with van der Waals surface area (Å²) < 4.78 is 54.9. The van der Waals surface area contributed by atoms with E-state index in [1.54, 1.807) is 48.5 Å². The molecule has 0 aromatic heterocycles. The van der Waals surface area contributed by atoms with Crippen LogP contribution in [0, 0.1) is 23.0 Å². The Labute approximate surface area is 240 Å². The molecule has 4 aromatic carbocycles. The third-order valence-electron chi connectivity index (χ3n) is 6.45. The lowest BCUT2D eigenvalue weighted by atomic mass is 9.83. The van der Waals surface area contributed by atoms with E-state index in [9.17, 15) is 18.8 Å². The van der Waals surface area contributed by atoms with Crippen LogP contribution >= 0.6 is 0 Å². The Morgan fingerprint density at radius 3 is 2.45 bits per heavy atom. The van der Waals surface area contributed by atoms with Crippen molar-refractivity contribution in [1.82, 2.24) is 0 Å². The predicted molar refractivity (Wildman–Crippen MR) is 147 cm³/mol. The highest BCUT2D eigenvalue weighted by atomic mass is 19.1. The third-order valence-corrected chi connectivity index (χ3v) is 6.45. The van der Waals surface area contributed by atoms with Crippen LogP contribution < -0.4 is 29.4 Å². The smallest absolute Gasteiger partial charge is 0.349 e. The van der Waals surface area contributed by atoms with Gasteiger partial charge in [-0.1, -0.05) is 30.3 Å². The maximum Gasteiger partial charge on any atom is 0.349 e. The van der Waals surface area contributed by atoms with E-state index in [4.69, 9.17) is 29.4 Å². The Morgan fingerprint density at radius 1 is 0.952 bits per heavy atom. The first-order valence-electron chi connectivity index (χ1n) is 12.7. The van der Waals surface area contributed by atoms with Gasteiger partial charge in [0.05, 0.1) is 13.0 Å². The number of hydrogen-bond acceptors (Lipinski definition) is 8. The fourth-order valence-corrected chi connectivity index (χ4v) is 4.43. The maximum absolute atomic E-state index is 14.0. The highest BCUT2D eigenvalue weighted by molar-refractivity contribution is 5.74. The summed E-state index contributed by atoms with van der Waals surface area (Å²) in [5.74, 6) is -0.685. The molecule has 0 spiro atoms. The number of allylic oxidation sites excluding steroid dienone is 1. The summed E-state index contributed by atoms with van der Waals surface area (Å²) >= 11 is 0. The molecule has 0 radical (unpaired) electrons. The van der Waals surface area contributed by atoms with Gasteiger partial charge in [-0.15, -0.1) is 0 Å². The lowest BCUT2D eigenvalue weighted by Gasteiger charge is -2.27. The van der Waals surface area contributed by atoms with Crippen molar-refractivity contribution in [3.63, 3.8) is 0 Å². The first-order valence-corrected chi connectivity index (χ1v) is 12.7. The van der Waals surface area contributed by atoms with Gasteiger partial charge >= 0.3 is 5.97 Å². The Hall–Kier alpha value is -5.56. The topological polar surface area (TPSA) is 113 Å². The molecule has 0 bridgehead atoms. The minimum absolute atomic E-state index is 0.00475. The van der Waals surface area contributed by atoms with Crippen molar-refractivity contribution in [3.8, 4) is 34.8 Å². The molecule has 1 heterocycles. The van der Waals surface area contributed by atoms with Crippen molar-refractivity contribution in [2.24, 2.45) is 5.73 Å².